The summed E-state index contributed by atoms with van der Waals surface area (Å²) in [5, 5.41) is 4.00. The Hall–Kier alpha value is -3.48. The Labute approximate surface area is 181 Å². The van der Waals surface area contributed by atoms with Crippen LogP contribution in [0.5, 0.6) is 11.5 Å². The third kappa shape index (κ3) is 4.50. The molecule has 2 amide bonds. The van der Waals surface area contributed by atoms with Crippen molar-refractivity contribution in [1.29, 1.82) is 0 Å². The molecule has 162 valence electrons. The molecule has 0 unspecified atom stereocenters. The number of piperidine rings is 1. The number of nitrogens with zero attached hydrogens (tertiary/aromatic N) is 1. The van der Waals surface area contributed by atoms with Crippen molar-refractivity contribution in [2.24, 2.45) is 5.92 Å². The number of likely N-dealkylation sites (tertiary alicyclic amines) is 1. The lowest BCUT2D eigenvalue weighted by Crippen LogP contribution is -2.45. The lowest BCUT2D eigenvalue weighted by molar-refractivity contribution is -0.126. The first-order valence-electron chi connectivity index (χ1n) is 10.4. The predicted molar refractivity (Wildman–Crippen MR) is 118 cm³/mol. The number of aromatic nitrogens is 1. The quantitative estimate of drug-likeness (QED) is 0.639. The molecule has 0 bridgehead atoms. The first-order valence-corrected chi connectivity index (χ1v) is 10.4. The van der Waals surface area contributed by atoms with Gasteiger partial charge < -0.3 is 24.7 Å². The summed E-state index contributed by atoms with van der Waals surface area (Å²) in [7, 11) is 3.17. The number of hydrogen-bond acceptors (Lipinski definition) is 4. The molecule has 2 N–H and O–H groups in total. The van der Waals surface area contributed by atoms with Crippen molar-refractivity contribution >= 4 is 22.7 Å². The average molecular weight is 421 g/mol. The zero-order chi connectivity index (χ0) is 21.8. The van der Waals surface area contributed by atoms with Crippen LogP contribution >= 0.6 is 0 Å². The lowest BCUT2D eigenvalue weighted by Gasteiger charge is -2.31. The Morgan fingerprint density at radius 1 is 1.10 bits per heavy atom. The number of fused-ring (bicyclic) bond motifs is 1. The highest BCUT2D eigenvalue weighted by Crippen LogP contribution is 2.27. The fourth-order valence-electron chi connectivity index (χ4n) is 4.06. The molecule has 0 radical (unpaired) electrons. The van der Waals surface area contributed by atoms with E-state index in [1.807, 2.05) is 48.5 Å². The van der Waals surface area contributed by atoms with Gasteiger partial charge in [-0.3, -0.25) is 9.59 Å². The van der Waals surface area contributed by atoms with Gasteiger partial charge in [0.1, 0.15) is 5.69 Å². The Bertz CT molecular complexity index is 1060. The van der Waals surface area contributed by atoms with Gasteiger partial charge in [-0.15, -0.1) is 0 Å². The summed E-state index contributed by atoms with van der Waals surface area (Å²) in [6.45, 7) is 1.48. The normalized spacial score (nSPS) is 16.2. The molecule has 1 atom stereocenters. The number of aromatic amines is 1. The molecule has 7 nitrogen and oxygen atoms in total. The van der Waals surface area contributed by atoms with Gasteiger partial charge >= 0.3 is 0 Å². The van der Waals surface area contributed by atoms with Crippen LogP contribution in [-0.4, -0.2) is 49.0 Å². The van der Waals surface area contributed by atoms with Crippen molar-refractivity contribution in [2.45, 2.75) is 19.4 Å². The van der Waals surface area contributed by atoms with E-state index in [2.05, 4.69) is 10.3 Å². The van der Waals surface area contributed by atoms with Crippen LogP contribution in [0.2, 0.25) is 0 Å². The van der Waals surface area contributed by atoms with Crippen molar-refractivity contribution < 1.29 is 19.1 Å². The maximum absolute atomic E-state index is 13.0. The molecule has 7 heteroatoms. The van der Waals surface area contributed by atoms with Crippen LogP contribution in [0.15, 0.2) is 48.5 Å². The zero-order valence-corrected chi connectivity index (χ0v) is 17.8. The number of ether oxygens (including phenoxy) is 2. The van der Waals surface area contributed by atoms with Crippen molar-refractivity contribution in [2.75, 3.05) is 27.3 Å². The highest BCUT2D eigenvalue weighted by Gasteiger charge is 2.29. The van der Waals surface area contributed by atoms with E-state index in [1.165, 1.54) is 0 Å². The summed E-state index contributed by atoms with van der Waals surface area (Å²) in [5.41, 5.74) is 2.42. The maximum Gasteiger partial charge on any atom is 0.270 e. The molecule has 0 spiro atoms. The third-order valence-electron chi connectivity index (χ3n) is 5.75. The number of nitrogens with one attached hydrogen (secondary N) is 2. The molecular formula is C24H27N3O4. The van der Waals surface area contributed by atoms with Gasteiger partial charge in [0, 0.05) is 30.5 Å². The van der Waals surface area contributed by atoms with E-state index in [4.69, 9.17) is 9.47 Å². The van der Waals surface area contributed by atoms with Crippen molar-refractivity contribution in [1.82, 2.24) is 15.2 Å². The van der Waals surface area contributed by atoms with E-state index < -0.39 is 0 Å². The number of rotatable bonds is 6. The monoisotopic (exact) mass is 421 g/mol. The van der Waals surface area contributed by atoms with Crippen molar-refractivity contribution in [3.05, 3.63) is 59.8 Å². The molecule has 1 aliphatic rings. The first kappa shape index (κ1) is 20.8. The fraction of sp³-hybridized carbons (Fsp3) is 0.333. The molecule has 0 aliphatic carbocycles. The third-order valence-corrected chi connectivity index (χ3v) is 5.75. The van der Waals surface area contributed by atoms with E-state index in [9.17, 15) is 9.59 Å². The van der Waals surface area contributed by atoms with E-state index in [1.54, 1.807) is 19.1 Å². The maximum atomic E-state index is 13.0. The summed E-state index contributed by atoms with van der Waals surface area (Å²) >= 11 is 0. The van der Waals surface area contributed by atoms with Gasteiger partial charge in [-0.05, 0) is 42.7 Å². The van der Waals surface area contributed by atoms with Crippen LogP contribution in [0, 0.1) is 5.92 Å². The zero-order valence-electron chi connectivity index (χ0n) is 17.8. The fourth-order valence-corrected chi connectivity index (χ4v) is 4.06. The second-order valence-electron chi connectivity index (χ2n) is 7.77. The van der Waals surface area contributed by atoms with Gasteiger partial charge in [-0.2, -0.15) is 0 Å². The topological polar surface area (TPSA) is 83.7 Å². The highest BCUT2D eigenvalue weighted by atomic mass is 16.5. The molecule has 31 heavy (non-hydrogen) atoms. The number of amides is 2. The highest BCUT2D eigenvalue weighted by molar-refractivity contribution is 5.98. The van der Waals surface area contributed by atoms with Crippen LogP contribution in [0.25, 0.3) is 10.9 Å². The molecular weight excluding hydrogens is 394 g/mol. The van der Waals surface area contributed by atoms with E-state index >= 15 is 0 Å². The number of methoxy groups -OCH3 is 2. The number of carbonyl (C=O) groups excluding carboxylic acids is 2. The number of benzene rings is 2. The molecule has 1 saturated heterocycles. The molecule has 0 saturated carbocycles. The largest absolute Gasteiger partial charge is 0.493 e. The Balaban J connectivity index is 1.37. The van der Waals surface area contributed by atoms with Crippen molar-refractivity contribution in [3.8, 4) is 11.5 Å². The van der Waals surface area contributed by atoms with Crippen LogP contribution in [0.4, 0.5) is 0 Å². The molecule has 2 aromatic carbocycles. The molecule has 2 heterocycles. The first-order chi connectivity index (χ1) is 15.1. The number of hydrogen-bond donors (Lipinski definition) is 2. The summed E-state index contributed by atoms with van der Waals surface area (Å²) in [6, 6.07) is 15.3. The minimum atomic E-state index is -0.220. The molecule has 3 aromatic rings. The van der Waals surface area contributed by atoms with Gasteiger partial charge in [0.2, 0.25) is 5.91 Å². The Morgan fingerprint density at radius 3 is 2.68 bits per heavy atom. The van der Waals surface area contributed by atoms with Gasteiger partial charge in [0.25, 0.3) is 5.91 Å². The lowest BCUT2D eigenvalue weighted by atomic mass is 9.96. The van der Waals surface area contributed by atoms with Crippen LogP contribution in [0.1, 0.15) is 28.9 Å². The van der Waals surface area contributed by atoms with Crippen LogP contribution in [0.3, 0.4) is 0 Å². The Kier molecular flexibility index (Phi) is 6.11. The number of carbonyl (C=O) groups is 2. The SMILES string of the molecule is COc1ccc(CNC(=O)[C@H]2CCCN(C(=O)c3cc4ccccc4[nH]3)C2)cc1OC. The Morgan fingerprint density at radius 2 is 1.90 bits per heavy atom. The minimum absolute atomic E-state index is 0.0380. The van der Waals surface area contributed by atoms with E-state index in [0.29, 0.717) is 36.8 Å². The van der Waals surface area contributed by atoms with Crippen LogP contribution < -0.4 is 14.8 Å². The second-order valence-corrected chi connectivity index (χ2v) is 7.77. The van der Waals surface area contributed by atoms with Gasteiger partial charge in [-0.1, -0.05) is 24.3 Å². The summed E-state index contributed by atoms with van der Waals surface area (Å²) < 4.78 is 10.6. The van der Waals surface area contributed by atoms with Crippen molar-refractivity contribution in [3.63, 3.8) is 0 Å². The van der Waals surface area contributed by atoms with Gasteiger partial charge in [-0.25, -0.2) is 0 Å². The molecule has 1 aliphatic heterocycles. The average Bonchev–Trinajstić information content (AvgIpc) is 3.26. The predicted octanol–water partition coefficient (Wildman–Crippen LogP) is 3.35. The molecule has 1 aromatic heterocycles. The number of H-pyrrole nitrogens is 1. The van der Waals surface area contributed by atoms with Gasteiger partial charge in [0.15, 0.2) is 11.5 Å². The summed E-state index contributed by atoms with van der Waals surface area (Å²) in [5.74, 6) is 0.956. The molecule has 4 rings (SSSR count). The van der Waals surface area contributed by atoms with Crippen LogP contribution in [-0.2, 0) is 11.3 Å². The summed E-state index contributed by atoms with van der Waals surface area (Å²) in [4.78, 5) is 30.7. The molecule has 1 fully saturated rings. The standard InChI is InChI=1S/C24H27N3O4/c1-30-21-10-9-16(12-22(21)31-2)14-25-23(28)18-7-5-11-27(15-18)24(29)20-13-17-6-3-4-8-19(17)26-20/h3-4,6,8-10,12-13,18,26H,5,7,11,14-15H2,1-2H3,(H,25,28)/t18-/m0/s1. The minimum Gasteiger partial charge on any atom is -0.493 e. The smallest absolute Gasteiger partial charge is 0.270 e. The van der Waals surface area contributed by atoms with E-state index in [-0.39, 0.29) is 17.7 Å². The van der Waals surface area contributed by atoms with E-state index in [0.717, 1.165) is 29.3 Å². The summed E-state index contributed by atoms with van der Waals surface area (Å²) in [6.07, 6.45) is 1.58. The number of para-hydroxylation sites is 1. The van der Waals surface area contributed by atoms with Gasteiger partial charge in [0.05, 0.1) is 20.1 Å². The second kappa shape index (κ2) is 9.12.